The van der Waals surface area contributed by atoms with Gasteiger partial charge < -0.3 is 39.7 Å². The van der Waals surface area contributed by atoms with Crippen LogP contribution >= 0.6 is 0 Å². The fourth-order valence-electron chi connectivity index (χ4n) is 1.70. The Kier molecular flexibility index (Phi) is 2.81. The summed E-state index contributed by atoms with van der Waals surface area (Å²) in [5.74, 6) is -9.76. The number of aliphatic hydroxyl groups is 5. The van der Waals surface area contributed by atoms with Crippen molar-refractivity contribution in [3.8, 4) is 0 Å². The predicted molar refractivity (Wildman–Crippen MR) is 46.1 cm³/mol. The van der Waals surface area contributed by atoms with E-state index in [0.29, 0.717) is 0 Å². The molecule has 0 spiro atoms. The van der Waals surface area contributed by atoms with Gasteiger partial charge in [0.2, 0.25) is 0 Å². The molecule has 2 fully saturated rings. The zero-order valence-electron chi connectivity index (χ0n) is 8.72. The lowest BCUT2D eigenvalue weighted by atomic mass is 9.93. The van der Waals surface area contributed by atoms with E-state index in [1.54, 1.807) is 0 Å². The molecule has 2 saturated heterocycles. The van der Waals surface area contributed by atoms with Crippen LogP contribution < -0.4 is 0 Å². The van der Waals surface area contributed by atoms with E-state index >= 15 is 0 Å². The van der Waals surface area contributed by atoms with Crippen molar-refractivity contribution in [1.82, 2.24) is 0 Å². The molecule has 0 aromatic heterocycles. The Morgan fingerprint density at radius 2 is 1.67 bits per heavy atom. The van der Waals surface area contributed by atoms with Crippen molar-refractivity contribution in [2.75, 3.05) is 6.61 Å². The van der Waals surface area contributed by atoms with Crippen molar-refractivity contribution < 1.29 is 49.3 Å². The first-order valence-electron chi connectivity index (χ1n) is 4.81. The lowest BCUT2D eigenvalue weighted by Gasteiger charge is -2.50. The molecule has 0 aromatic rings. The normalized spacial score (nSPS) is 48.2. The summed E-state index contributed by atoms with van der Waals surface area (Å²) in [6, 6.07) is 0. The predicted octanol–water partition coefficient (Wildman–Crippen LogP) is -4.47. The van der Waals surface area contributed by atoms with Gasteiger partial charge in [0.05, 0.1) is 6.61 Å². The van der Waals surface area contributed by atoms with Gasteiger partial charge >= 0.3 is 23.7 Å². The molecule has 0 aliphatic carbocycles. The van der Waals surface area contributed by atoms with E-state index < -0.39 is 48.6 Å². The van der Waals surface area contributed by atoms with E-state index in [0.717, 1.165) is 0 Å². The van der Waals surface area contributed by atoms with E-state index in [9.17, 15) is 30.0 Å². The van der Waals surface area contributed by atoms with E-state index in [-0.39, 0.29) is 0 Å². The molecule has 0 amide bonds. The standard InChI is InChI=1S/C8H10O10/c9-1-2-3(10)4(11)7(14)8(15,16-2)18-6(13)5(12)17-7/h2-4,9-11,14-15H,1H2/t2-,3+,4+,7-,8+/m1/s1. The van der Waals surface area contributed by atoms with Crippen LogP contribution in [0.15, 0.2) is 0 Å². The maximum Gasteiger partial charge on any atom is 0.422 e. The van der Waals surface area contributed by atoms with Gasteiger partial charge in [-0.2, -0.15) is 0 Å². The van der Waals surface area contributed by atoms with Crippen LogP contribution in [0.1, 0.15) is 0 Å². The van der Waals surface area contributed by atoms with Crippen LogP contribution in [0, 0.1) is 0 Å². The summed E-state index contributed by atoms with van der Waals surface area (Å²) in [4.78, 5) is 21.9. The van der Waals surface area contributed by atoms with Gasteiger partial charge in [0, 0.05) is 0 Å². The monoisotopic (exact) mass is 266 g/mol. The van der Waals surface area contributed by atoms with Crippen molar-refractivity contribution >= 4 is 11.9 Å². The fourth-order valence-corrected chi connectivity index (χ4v) is 1.70. The van der Waals surface area contributed by atoms with Crippen LogP contribution in [0.2, 0.25) is 0 Å². The lowest BCUT2D eigenvalue weighted by molar-refractivity contribution is -0.518. The van der Waals surface area contributed by atoms with Gasteiger partial charge in [-0.3, -0.25) is 0 Å². The fraction of sp³-hybridized carbons (Fsp3) is 0.750. The molecular weight excluding hydrogens is 256 g/mol. The molecule has 0 aromatic carbocycles. The van der Waals surface area contributed by atoms with E-state index in [2.05, 4.69) is 14.2 Å². The van der Waals surface area contributed by atoms with Gasteiger partial charge in [0.25, 0.3) is 0 Å². The van der Waals surface area contributed by atoms with Gasteiger partial charge in [0.15, 0.2) is 6.10 Å². The quantitative estimate of drug-likeness (QED) is 0.231. The first-order chi connectivity index (χ1) is 8.25. The molecule has 2 aliphatic heterocycles. The first-order valence-corrected chi connectivity index (χ1v) is 4.81. The van der Waals surface area contributed by atoms with Crippen LogP contribution in [-0.4, -0.2) is 74.2 Å². The maximum atomic E-state index is 10.9. The van der Waals surface area contributed by atoms with Crippen LogP contribution in [0.4, 0.5) is 0 Å². The SMILES string of the molecule is O=C1O[C@@]2(O)O[C@H](CO)[C@H](O)[C@H](O)[C@@]2(O)OC1=O. The number of hydrogen-bond donors (Lipinski definition) is 5. The number of ether oxygens (including phenoxy) is 3. The smallest absolute Gasteiger partial charge is 0.412 e. The molecule has 2 rings (SSSR count). The summed E-state index contributed by atoms with van der Waals surface area (Å²) in [6.45, 7) is -0.859. The average Bonchev–Trinajstić information content (AvgIpc) is 2.30. The highest BCUT2D eigenvalue weighted by molar-refractivity contribution is 6.30. The number of hydrogen-bond acceptors (Lipinski definition) is 10. The minimum absolute atomic E-state index is 0.859. The van der Waals surface area contributed by atoms with E-state index in [1.165, 1.54) is 0 Å². The number of carbonyl (C=O) groups excluding carboxylic acids is 2. The molecule has 0 saturated carbocycles. The molecule has 0 bridgehead atoms. The van der Waals surface area contributed by atoms with Gasteiger partial charge in [-0.05, 0) is 0 Å². The third-order valence-corrected chi connectivity index (χ3v) is 2.70. The number of carbonyl (C=O) groups is 2. The van der Waals surface area contributed by atoms with Gasteiger partial charge in [-0.1, -0.05) is 0 Å². The van der Waals surface area contributed by atoms with Crippen molar-refractivity contribution in [2.24, 2.45) is 0 Å². The Balaban J connectivity index is 2.41. The Morgan fingerprint density at radius 1 is 1.11 bits per heavy atom. The number of rotatable bonds is 1. The molecule has 18 heavy (non-hydrogen) atoms. The second-order valence-electron chi connectivity index (χ2n) is 3.83. The van der Waals surface area contributed by atoms with Gasteiger partial charge in [0.1, 0.15) is 12.2 Å². The number of aliphatic hydroxyl groups excluding tert-OH is 3. The Morgan fingerprint density at radius 3 is 2.22 bits per heavy atom. The van der Waals surface area contributed by atoms with Crippen molar-refractivity contribution in [3.63, 3.8) is 0 Å². The molecule has 5 N–H and O–H groups in total. The topological polar surface area (TPSA) is 163 Å². The molecule has 2 aliphatic rings. The largest absolute Gasteiger partial charge is 0.422 e. The minimum Gasteiger partial charge on any atom is -0.412 e. The van der Waals surface area contributed by atoms with Crippen molar-refractivity contribution in [2.45, 2.75) is 30.1 Å². The Bertz CT molecular complexity index is 395. The van der Waals surface area contributed by atoms with Crippen molar-refractivity contribution in [1.29, 1.82) is 0 Å². The average molecular weight is 266 g/mol. The van der Waals surface area contributed by atoms with Gasteiger partial charge in [-0.15, -0.1) is 0 Å². The van der Waals surface area contributed by atoms with Crippen LogP contribution in [0.3, 0.4) is 0 Å². The second kappa shape index (κ2) is 3.85. The zero-order valence-corrected chi connectivity index (χ0v) is 8.72. The molecule has 102 valence electrons. The number of fused-ring (bicyclic) bond motifs is 1. The molecule has 10 nitrogen and oxygen atoms in total. The maximum absolute atomic E-state index is 10.9. The summed E-state index contributed by atoms with van der Waals surface area (Å²) in [7, 11) is 0. The molecule has 2 heterocycles. The lowest BCUT2D eigenvalue weighted by Crippen LogP contribution is -2.78. The Hall–Kier alpha value is -1.30. The van der Waals surface area contributed by atoms with Crippen molar-refractivity contribution in [3.05, 3.63) is 0 Å². The molecule has 0 radical (unpaired) electrons. The summed E-state index contributed by atoms with van der Waals surface area (Å²) >= 11 is 0. The second-order valence-corrected chi connectivity index (χ2v) is 3.83. The summed E-state index contributed by atoms with van der Waals surface area (Å²) in [5.41, 5.74) is 0. The van der Waals surface area contributed by atoms with Crippen LogP contribution in [0.5, 0.6) is 0 Å². The molecule has 0 unspecified atom stereocenters. The third kappa shape index (κ3) is 1.51. The summed E-state index contributed by atoms with van der Waals surface area (Å²) < 4.78 is 12.8. The highest BCUT2D eigenvalue weighted by atomic mass is 16.9. The molecule has 5 atom stereocenters. The van der Waals surface area contributed by atoms with E-state index in [1.807, 2.05) is 0 Å². The van der Waals surface area contributed by atoms with Crippen LogP contribution in [0.25, 0.3) is 0 Å². The first kappa shape index (κ1) is 13.1. The third-order valence-electron chi connectivity index (χ3n) is 2.70. The summed E-state index contributed by atoms with van der Waals surface area (Å²) in [6.07, 6.45) is -5.70. The van der Waals surface area contributed by atoms with Crippen LogP contribution in [-0.2, 0) is 23.8 Å². The Labute approximate surface area is 98.9 Å². The zero-order chi connectivity index (χ0) is 13.7. The molecular formula is C8H10O10. The minimum atomic E-state index is -3.22. The highest BCUT2D eigenvalue weighted by Crippen LogP contribution is 2.40. The molecule has 10 heteroatoms. The highest BCUT2D eigenvalue weighted by Gasteiger charge is 2.73. The summed E-state index contributed by atoms with van der Waals surface area (Å²) in [5, 5.41) is 47.5. The number of esters is 2. The van der Waals surface area contributed by atoms with E-state index in [4.69, 9.17) is 5.11 Å². The van der Waals surface area contributed by atoms with Gasteiger partial charge in [-0.25, -0.2) is 9.59 Å².